The van der Waals surface area contributed by atoms with Crippen molar-refractivity contribution in [2.75, 3.05) is 13.1 Å². The van der Waals surface area contributed by atoms with E-state index in [1.54, 1.807) is 0 Å². The monoisotopic (exact) mass is 167 g/mol. The molecule has 1 aliphatic carbocycles. The largest absolute Gasteiger partial charge is 0.465 e. The van der Waals surface area contributed by atoms with Crippen LogP contribution in [0, 0.1) is 11.8 Å². The molecule has 0 aromatic carbocycles. The molecule has 66 valence electrons. The second-order valence-corrected chi connectivity index (χ2v) is 3.87. The predicted molar refractivity (Wildman–Crippen MR) is 45.0 cm³/mol. The minimum Gasteiger partial charge on any atom is -0.465 e. The number of allylic oxidation sites excluding steroid dienone is 1. The van der Waals surface area contributed by atoms with Crippen molar-refractivity contribution < 1.29 is 9.90 Å². The van der Waals surface area contributed by atoms with Crippen LogP contribution in [0.25, 0.3) is 0 Å². The normalized spacial score (nSPS) is 34.0. The number of hydrogen-bond acceptors (Lipinski definition) is 1. The number of fused-ring (bicyclic) bond motifs is 1. The van der Waals surface area contributed by atoms with Gasteiger partial charge in [-0.2, -0.15) is 0 Å². The van der Waals surface area contributed by atoms with Crippen LogP contribution in [0.2, 0.25) is 0 Å². The van der Waals surface area contributed by atoms with Crippen LogP contribution in [-0.2, 0) is 0 Å². The molecule has 1 saturated carbocycles. The average molecular weight is 167 g/mol. The van der Waals surface area contributed by atoms with E-state index in [2.05, 4.69) is 6.58 Å². The van der Waals surface area contributed by atoms with Crippen LogP contribution in [0.3, 0.4) is 0 Å². The fourth-order valence-electron chi connectivity index (χ4n) is 2.38. The second-order valence-electron chi connectivity index (χ2n) is 3.87. The summed E-state index contributed by atoms with van der Waals surface area (Å²) in [7, 11) is 0. The highest BCUT2D eigenvalue weighted by Gasteiger charge is 2.39. The Labute approximate surface area is 71.7 Å². The van der Waals surface area contributed by atoms with Gasteiger partial charge < -0.3 is 10.0 Å². The van der Waals surface area contributed by atoms with Crippen molar-refractivity contribution in [3.05, 3.63) is 12.2 Å². The molecule has 2 atom stereocenters. The molecule has 3 nitrogen and oxygen atoms in total. The van der Waals surface area contributed by atoms with Crippen molar-refractivity contribution in [1.29, 1.82) is 0 Å². The van der Waals surface area contributed by atoms with E-state index in [1.807, 2.05) is 0 Å². The second kappa shape index (κ2) is 2.51. The van der Waals surface area contributed by atoms with E-state index in [0.717, 1.165) is 25.9 Å². The zero-order valence-corrected chi connectivity index (χ0v) is 6.99. The van der Waals surface area contributed by atoms with E-state index in [1.165, 1.54) is 10.5 Å². The maximum Gasteiger partial charge on any atom is 0.407 e. The zero-order chi connectivity index (χ0) is 8.72. The Balaban J connectivity index is 2.02. The van der Waals surface area contributed by atoms with Gasteiger partial charge in [-0.05, 0) is 24.7 Å². The predicted octanol–water partition coefficient (Wildman–Crippen LogP) is 1.56. The lowest BCUT2D eigenvalue weighted by molar-refractivity contribution is 0.152. The van der Waals surface area contributed by atoms with E-state index in [4.69, 9.17) is 5.11 Å². The van der Waals surface area contributed by atoms with Crippen LogP contribution in [-0.4, -0.2) is 29.2 Å². The van der Waals surface area contributed by atoms with Crippen molar-refractivity contribution in [2.24, 2.45) is 11.8 Å². The summed E-state index contributed by atoms with van der Waals surface area (Å²) < 4.78 is 0. The maximum absolute atomic E-state index is 10.6. The molecular formula is C9H13NO2. The van der Waals surface area contributed by atoms with Gasteiger partial charge in [0.1, 0.15) is 0 Å². The van der Waals surface area contributed by atoms with Gasteiger partial charge in [0.15, 0.2) is 0 Å². The van der Waals surface area contributed by atoms with Crippen molar-refractivity contribution in [3.8, 4) is 0 Å². The van der Waals surface area contributed by atoms with Gasteiger partial charge >= 0.3 is 6.09 Å². The molecule has 0 aromatic heterocycles. The van der Waals surface area contributed by atoms with E-state index in [0.29, 0.717) is 11.8 Å². The average Bonchev–Trinajstić information content (AvgIpc) is 2.42. The molecule has 2 fully saturated rings. The molecule has 0 radical (unpaired) electrons. The third kappa shape index (κ3) is 1.09. The highest BCUT2D eigenvalue weighted by atomic mass is 16.4. The lowest BCUT2D eigenvalue weighted by Gasteiger charge is -2.12. The molecule has 3 heteroatoms. The molecule has 0 bridgehead atoms. The minimum atomic E-state index is -0.769. The van der Waals surface area contributed by atoms with Crippen LogP contribution in [0.15, 0.2) is 12.2 Å². The number of rotatable bonds is 0. The summed E-state index contributed by atoms with van der Waals surface area (Å²) in [6.07, 6.45) is 1.30. The van der Waals surface area contributed by atoms with Crippen LogP contribution in [0.4, 0.5) is 4.79 Å². The first-order valence-corrected chi connectivity index (χ1v) is 4.31. The van der Waals surface area contributed by atoms with Gasteiger partial charge in [0.05, 0.1) is 0 Å². The van der Waals surface area contributed by atoms with Crippen LogP contribution >= 0.6 is 0 Å². The quantitative estimate of drug-likeness (QED) is 0.556. The van der Waals surface area contributed by atoms with E-state index >= 15 is 0 Å². The standard InChI is InChI=1S/C9H13NO2/c1-6-2-7-4-10(9(11)12)5-8(7)3-6/h7-8H,1-5H2,(H,11,12)/t7-,8+. The Kier molecular flexibility index (Phi) is 1.60. The van der Waals surface area contributed by atoms with E-state index in [-0.39, 0.29) is 0 Å². The molecule has 0 aromatic rings. The Morgan fingerprint density at radius 3 is 2.33 bits per heavy atom. The van der Waals surface area contributed by atoms with Crippen molar-refractivity contribution in [3.63, 3.8) is 0 Å². The molecule has 0 spiro atoms. The highest BCUT2D eigenvalue weighted by Crippen LogP contribution is 2.40. The SMILES string of the molecule is C=C1C[C@@H]2CN(C(=O)O)C[C@@H]2C1. The maximum atomic E-state index is 10.6. The van der Waals surface area contributed by atoms with Crippen LogP contribution in [0.5, 0.6) is 0 Å². The molecule has 12 heavy (non-hydrogen) atoms. The number of likely N-dealkylation sites (tertiary alicyclic amines) is 1. The summed E-state index contributed by atoms with van der Waals surface area (Å²) in [4.78, 5) is 12.1. The summed E-state index contributed by atoms with van der Waals surface area (Å²) >= 11 is 0. The first-order valence-electron chi connectivity index (χ1n) is 4.31. The van der Waals surface area contributed by atoms with Crippen LogP contribution in [0.1, 0.15) is 12.8 Å². The smallest absolute Gasteiger partial charge is 0.407 e. The zero-order valence-electron chi connectivity index (χ0n) is 6.99. The van der Waals surface area contributed by atoms with E-state index in [9.17, 15) is 4.79 Å². The van der Waals surface area contributed by atoms with Gasteiger partial charge in [-0.25, -0.2) is 4.79 Å². The van der Waals surface area contributed by atoms with Crippen molar-refractivity contribution in [1.82, 2.24) is 4.90 Å². The molecule has 1 saturated heterocycles. The molecule has 1 heterocycles. The number of carbonyl (C=O) groups is 1. The lowest BCUT2D eigenvalue weighted by atomic mass is 10.0. The van der Waals surface area contributed by atoms with Crippen molar-refractivity contribution in [2.45, 2.75) is 12.8 Å². The fourth-order valence-corrected chi connectivity index (χ4v) is 2.38. The first-order chi connectivity index (χ1) is 5.66. The Morgan fingerprint density at radius 1 is 1.42 bits per heavy atom. The first kappa shape index (κ1) is 7.65. The Bertz CT molecular complexity index is 221. The number of nitrogens with zero attached hydrogens (tertiary/aromatic N) is 1. The Hall–Kier alpha value is -0.990. The number of amides is 1. The third-order valence-corrected chi connectivity index (χ3v) is 2.95. The molecule has 1 amide bonds. The van der Waals surface area contributed by atoms with Gasteiger partial charge in [0, 0.05) is 13.1 Å². The molecule has 1 aliphatic heterocycles. The molecule has 1 N–H and O–H groups in total. The lowest BCUT2D eigenvalue weighted by Crippen LogP contribution is -2.27. The van der Waals surface area contributed by atoms with Gasteiger partial charge in [0.25, 0.3) is 0 Å². The summed E-state index contributed by atoms with van der Waals surface area (Å²) in [5, 5.41) is 8.74. The third-order valence-electron chi connectivity index (χ3n) is 2.95. The van der Waals surface area contributed by atoms with Gasteiger partial charge in [0.2, 0.25) is 0 Å². The fraction of sp³-hybridized carbons (Fsp3) is 0.667. The van der Waals surface area contributed by atoms with Gasteiger partial charge in [-0.3, -0.25) is 0 Å². The summed E-state index contributed by atoms with van der Waals surface area (Å²) in [5.41, 5.74) is 1.30. The highest BCUT2D eigenvalue weighted by molar-refractivity contribution is 5.65. The Morgan fingerprint density at radius 2 is 1.92 bits per heavy atom. The molecule has 2 aliphatic rings. The molecular weight excluding hydrogens is 154 g/mol. The summed E-state index contributed by atoms with van der Waals surface area (Å²) in [6, 6.07) is 0. The van der Waals surface area contributed by atoms with E-state index < -0.39 is 6.09 Å². The van der Waals surface area contributed by atoms with Gasteiger partial charge in [-0.1, -0.05) is 12.2 Å². The molecule has 0 unspecified atom stereocenters. The molecule has 2 rings (SSSR count). The topological polar surface area (TPSA) is 40.5 Å². The van der Waals surface area contributed by atoms with Gasteiger partial charge in [-0.15, -0.1) is 0 Å². The number of carboxylic acid groups (broad SMARTS) is 1. The minimum absolute atomic E-state index is 0.564. The van der Waals surface area contributed by atoms with Crippen LogP contribution < -0.4 is 0 Å². The number of hydrogen-bond donors (Lipinski definition) is 1. The van der Waals surface area contributed by atoms with Crippen molar-refractivity contribution >= 4 is 6.09 Å². The summed E-state index contributed by atoms with van der Waals surface area (Å²) in [6.45, 7) is 5.38. The summed E-state index contributed by atoms with van der Waals surface area (Å²) in [5.74, 6) is 1.13.